The van der Waals surface area contributed by atoms with Crippen molar-refractivity contribution in [3.8, 4) is 11.3 Å². The molecule has 31 heavy (non-hydrogen) atoms. The predicted molar refractivity (Wildman–Crippen MR) is 116 cm³/mol. The van der Waals surface area contributed by atoms with E-state index in [9.17, 15) is 19.8 Å². The summed E-state index contributed by atoms with van der Waals surface area (Å²) < 4.78 is 0. The van der Waals surface area contributed by atoms with Crippen molar-refractivity contribution in [2.24, 2.45) is 0 Å². The molecule has 0 aliphatic carbocycles. The smallest absolute Gasteiger partial charge is 0.336 e. The molecule has 0 fully saturated rings. The van der Waals surface area contributed by atoms with Gasteiger partial charge < -0.3 is 15.1 Å². The minimum absolute atomic E-state index is 0.0293. The van der Waals surface area contributed by atoms with Crippen molar-refractivity contribution in [1.29, 1.82) is 0 Å². The van der Waals surface area contributed by atoms with E-state index < -0.39 is 11.9 Å². The number of rotatable bonds is 5. The van der Waals surface area contributed by atoms with Crippen LogP contribution in [-0.2, 0) is 0 Å². The van der Waals surface area contributed by atoms with Gasteiger partial charge in [-0.3, -0.25) is 9.97 Å². The minimum Gasteiger partial charge on any atom is -0.478 e. The Morgan fingerprint density at radius 3 is 2.16 bits per heavy atom. The highest BCUT2D eigenvalue weighted by molar-refractivity contribution is 6.02. The number of fused-ring (bicyclic) bond motifs is 2. The molecule has 0 saturated carbocycles. The zero-order valence-electron chi connectivity index (χ0n) is 17.1. The summed E-state index contributed by atoms with van der Waals surface area (Å²) in [6.07, 6.45) is 3.04. The van der Waals surface area contributed by atoms with Gasteiger partial charge in [-0.2, -0.15) is 0 Å². The molecule has 0 atom stereocenters. The van der Waals surface area contributed by atoms with E-state index in [-0.39, 0.29) is 17.2 Å². The number of carboxylic acids is 2. The third-order valence-electron chi connectivity index (χ3n) is 5.10. The average Bonchev–Trinajstić information content (AvgIpc) is 2.76. The average molecular weight is 417 g/mol. The molecule has 0 saturated heterocycles. The fraction of sp³-hybridized carbons (Fsp3) is 0.182. The van der Waals surface area contributed by atoms with Gasteiger partial charge in [-0.25, -0.2) is 19.6 Å². The fourth-order valence-electron chi connectivity index (χ4n) is 3.23. The Bertz CT molecular complexity index is 1350. The first-order valence-corrected chi connectivity index (χ1v) is 9.52. The summed E-state index contributed by atoms with van der Waals surface area (Å²) in [7, 11) is 1.83. The van der Waals surface area contributed by atoms with E-state index in [0.717, 1.165) is 0 Å². The van der Waals surface area contributed by atoms with Crippen LogP contribution in [0.3, 0.4) is 0 Å². The zero-order valence-corrected chi connectivity index (χ0v) is 17.1. The first kappa shape index (κ1) is 20.1. The molecular formula is C22H19N5O4. The summed E-state index contributed by atoms with van der Waals surface area (Å²) in [5.74, 6) is -1.74. The van der Waals surface area contributed by atoms with Gasteiger partial charge in [0.05, 0.1) is 33.2 Å². The Morgan fingerprint density at radius 2 is 1.55 bits per heavy atom. The maximum Gasteiger partial charge on any atom is 0.336 e. The van der Waals surface area contributed by atoms with Gasteiger partial charge in [0, 0.05) is 31.0 Å². The number of aromatic nitrogens is 4. The van der Waals surface area contributed by atoms with Gasteiger partial charge >= 0.3 is 11.9 Å². The predicted octanol–water partition coefficient (Wildman–Crippen LogP) is 3.48. The first-order valence-electron chi connectivity index (χ1n) is 9.52. The van der Waals surface area contributed by atoms with Gasteiger partial charge in [0.25, 0.3) is 0 Å². The van der Waals surface area contributed by atoms with Crippen molar-refractivity contribution in [2.45, 2.75) is 19.9 Å². The molecule has 4 rings (SSSR count). The number of carboxylic acid groups (broad SMARTS) is 2. The van der Waals surface area contributed by atoms with Crippen molar-refractivity contribution in [2.75, 3.05) is 11.9 Å². The molecule has 2 heterocycles. The molecule has 9 nitrogen and oxygen atoms in total. The zero-order chi connectivity index (χ0) is 22.3. The van der Waals surface area contributed by atoms with Gasteiger partial charge in [-0.1, -0.05) is 0 Å². The van der Waals surface area contributed by atoms with Crippen molar-refractivity contribution in [3.63, 3.8) is 0 Å². The topological polar surface area (TPSA) is 129 Å². The van der Waals surface area contributed by atoms with Gasteiger partial charge in [0.2, 0.25) is 0 Å². The quantitative estimate of drug-likeness (QED) is 0.501. The number of hydrogen-bond acceptors (Lipinski definition) is 7. The van der Waals surface area contributed by atoms with Crippen molar-refractivity contribution < 1.29 is 19.8 Å². The second kappa shape index (κ2) is 7.60. The van der Waals surface area contributed by atoms with Crippen LogP contribution in [0.25, 0.3) is 33.3 Å². The lowest BCUT2D eigenvalue weighted by molar-refractivity contribution is 0.0686. The third kappa shape index (κ3) is 3.61. The lowest BCUT2D eigenvalue weighted by Crippen LogP contribution is -2.27. The molecule has 0 amide bonds. The largest absolute Gasteiger partial charge is 0.478 e. The molecule has 2 N–H and O–H groups in total. The summed E-state index contributed by atoms with van der Waals surface area (Å²) in [6.45, 7) is 3.93. The van der Waals surface area contributed by atoms with Crippen molar-refractivity contribution >= 4 is 39.8 Å². The lowest BCUT2D eigenvalue weighted by Gasteiger charge is -2.25. The number of anilines is 1. The van der Waals surface area contributed by atoms with Crippen LogP contribution in [0.1, 0.15) is 34.6 Å². The third-order valence-corrected chi connectivity index (χ3v) is 5.10. The number of carbonyl (C=O) groups is 2. The Morgan fingerprint density at radius 1 is 0.871 bits per heavy atom. The first-order chi connectivity index (χ1) is 14.8. The summed E-state index contributed by atoms with van der Waals surface area (Å²) in [4.78, 5) is 43.1. The highest BCUT2D eigenvalue weighted by atomic mass is 16.4. The van der Waals surface area contributed by atoms with Gasteiger partial charge in [-0.05, 0) is 44.2 Å². The van der Waals surface area contributed by atoms with Crippen LogP contribution < -0.4 is 4.90 Å². The molecule has 4 aromatic rings. The van der Waals surface area contributed by atoms with Crippen LogP contribution in [0.2, 0.25) is 0 Å². The molecular weight excluding hydrogens is 398 g/mol. The van der Waals surface area contributed by atoms with E-state index in [4.69, 9.17) is 4.98 Å². The Balaban J connectivity index is 2.07. The SMILES string of the molecule is CC(C)N(C)c1nc2cc(C(=O)O)ccc2nc1-c1cc2nccnc2cc1C(=O)O. The number of aromatic carboxylic acids is 2. The maximum atomic E-state index is 12.1. The standard InChI is InChI=1S/C22H19N5O4/c1-11(2)27(3)20-19(25-15-5-4-12(21(28)29)8-18(15)26-20)13-9-16-17(24-7-6-23-16)10-14(13)22(30)31/h4-11H,1-3H3,(H,28,29)(H,30,31). The van der Waals surface area contributed by atoms with E-state index in [2.05, 4.69) is 15.0 Å². The van der Waals surface area contributed by atoms with Crippen LogP contribution in [-0.4, -0.2) is 55.2 Å². The fourth-order valence-corrected chi connectivity index (χ4v) is 3.23. The molecule has 156 valence electrons. The van der Waals surface area contributed by atoms with Gasteiger partial charge in [0.15, 0.2) is 5.82 Å². The Labute approximate surface area is 177 Å². The maximum absolute atomic E-state index is 12.1. The van der Waals surface area contributed by atoms with Crippen LogP contribution in [0, 0.1) is 0 Å². The van der Waals surface area contributed by atoms with E-state index in [1.165, 1.54) is 30.6 Å². The van der Waals surface area contributed by atoms with Gasteiger partial charge in [0.1, 0.15) is 5.69 Å². The Hall–Kier alpha value is -4.14. The van der Waals surface area contributed by atoms with Crippen LogP contribution in [0.4, 0.5) is 5.82 Å². The normalized spacial score (nSPS) is 11.2. The molecule has 0 aliphatic rings. The number of nitrogens with zero attached hydrogens (tertiary/aromatic N) is 5. The second-order valence-electron chi connectivity index (χ2n) is 7.36. The van der Waals surface area contributed by atoms with Gasteiger partial charge in [-0.15, -0.1) is 0 Å². The van der Waals surface area contributed by atoms with E-state index in [1.54, 1.807) is 12.1 Å². The van der Waals surface area contributed by atoms with Crippen molar-refractivity contribution in [3.05, 3.63) is 53.9 Å². The van der Waals surface area contributed by atoms with Crippen LogP contribution in [0.5, 0.6) is 0 Å². The number of benzene rings is 2. The number of hydrogen-bond donors (Lipinski definition) is 2. The molecule has 0 unspecified atom stereocenters. The lowest BCUT2D eigenvalue weighted by atomic mass is 10.0. The monoisotopic (exact) mass is 417 g/mol. The summed E-state index contributed by atoms with van der Waals surface area (Å²) >= 11 is 0. The molecule has 0 radical (unpaired) electrons. The molecule has 0 aliphatic heterocycles. The molecule has 9 heteroatoms. The summed E-state index contributed by atoms with van der Waals surface area (Å²) in [5.41, 5.74) is 2.71. The highest BCUT2D eigenvalue weighted by Gasteiger charge is 2.23. The Kier molecular flexibility index (Phi) is 4.94. The van der Waals surface area contributed by atoms with E-state index >= 15 is 0 Å². The van der Waals surface area contributed by atoms with E-state index in [0.29, 0.717) is 39.1 Å². The minimum atomic E-state index is -1.12. The molecule has 2 aromatic carbocycles. The molecule has 0 bridgehead atoms. The van der Waals surface area contributed by atoms with E-state index in [1.807, 2.05) is 25.8 Å². The summed E-state index contributed by atoms with van der Waals surface area (Å²) in [6, 6.07) is 7.61. The summed E-state index contributed by atoms with van der Waals surface area (Å²) in [5, 5.41) is 19.2. The van der Waals surface area contributed by atoms with Crippen molar-refractivity contribution in [1.82, 2.24) is 19.9 Å². The van der Waals surface area contributed by atoms with Crippen LogP contribution in [0.15, 0.2) is 42.7 Å². The molecule has 0 spiro atoms. The molecule has 2 aromatic heterocycles. The highest BCUT2D eigenvalue weighted by Crippen LogP contribution is 2.34. The second-order valence-corrected chi connectivity index (χ2v) is 7.36. The van der Waals surface area contributed by atoms with Crippen LogP contribution >= 0.6 is 0 Å².